The van der Waals surface area contributed by atoms with Gasteiger partial charge in [-0.05, 0) is 38.6 Å². The summed E-state index contributed by atoms with van der Waals surface area (Å²) in [6, 6.07) is 5.90. The Bertz CT molecular complexity index is 420. The smallest absolute Gasteiger partial charge is 0.161 e. The molecule has 1 aliphatic rings. The summed E-state index contributed by atoms with van der Waals surface area (Å²) in [4.78, 5) is 2.22. The molecule has 0 aromatic heterocycles. The van der Waals surface area contributed by atoms with Gasteiger partial charge in [0.05, 0.1) is 7.11 Å². The highest BCUT2D eigenvalue weighted by Gasteiger charge is 2.26. The number of likely N-dealkylation sites (tertiary alicyclic amines) is 1. The SMILES string of the molecule is COc1cc(C(C)(C)N)ccc1OC1CN(C)C1. The van der Waals surface area contributed by atoms with Crippen molar-refractivity contribution in [2.24, 2.45) is 5.73 Å². The van der Waals surface area contributed by atoms with E-state index in [0.29, 0.717) is 0 Å². The fourth-order valence-corrected chi connectivity index (χ4v) is 2.06. The standard InChI is InChI=1S/C14H22N2O2/c1-14(2,15)10-5-6-12(13(7-10)17-4)18-11-8-16(3)9-11/h5-7,11H,8-9,15H2,1-4H3. The van der Waals surface area contributed by atoms with Crippen LogP contribution in [0, 0.1) is 0 Å². The Morgan fingerprint density at radius 1 is 1.28 bits per heavy atom. The molecule has 4 nitrogen and oxygen atoms in total. The first-order chi connectivity index (χ1) is 8.40. The van der Waals surface area contributed by atoms with Crippen LogP contribution in [0.15, 0.2) is 18.2 Å². The third kappa shape index (κ3) is 2.76. The first-order valence-corrected chi connectivity index (χ1v) is 6.23. The van der Waals surface area contributed by atoms with E-state index in [1.165, 1.54) is 0 Å². The molecule has 0 radical (unpaired) electrons. The van der Waals surface area contributed by atoms with Crippen molar-refractivity contribution < 1.29 is 9.47 Å². The molecule has 1 heterocycles. The van der Waals surface area contributed by atoms with Crippen LogP contribution in [-0.2, 0) is 5.54 Å². The maximum absolute atomic E-state index is 6.08. The first kappa shape index (κ1) is 13.2. The molecule has 1 saturated heterocycles. The van der Waals surface area contributed by atoms with Crippen LogP contribution in [0.5, 0.6) is 11.5 Å². The van der Waals surface area contributed by atoms with Crippen LogP contribution in [0.4, 0.5) is 0 Å². The van der Waals surface area contributed by atoms with E-state index in [4.69, 9.17) is 15.2 Å². The Hall–Kier alpha value is -1.26. The minimum absolute atomic E-state index is 0.264. The molecule has 0 bridgehead atoms. The number of methoxy groups -OCH3 is 1. The Morgan fingerprint density at radius 3 is 2.44 bits per heavy atom. The Labute approximate surface area is 109 Å². The van der Waals surface area contributed by atoms with Crippen LogP contribution >= 0.6 is 0 Å². The topological polar surface area (TPSA) is 47.7 Å². The maximum atomic E-state index is 6.08. The molecule has 2 N–H and O–H groups in total. The van der Waals surface area contributed by atoms with Gasteiger partial charge >= 0.3 is 0 Å². The van der Waals surface area contributed by atoms with Crippen LogP contribution in [0.3, 0.4) is 0 Å². The first-order valence-electron chi connectivity index (χ1n) is 6.23. The molecular formula is C14H22N2O2. The summed E-state index contributed by atoms with van der Waals surface area (Å²) in [5, 5.41) is 0. The van der Waals surface area contributed by atoms with E-state index in [-0.39, 0.29) is 11.6 Å². The quantitative estimate of drug-likeness (QED) is 0.881. The van der Waals surface area contributed by atoms with Gasteiger partial charge in [-0.15, -0.1) is 0 Å². The van der Waals surface area contributed by atoms with Crippen LogP contribution < -0.4 is 15.2 Å². The monoisotopic (exact) mass is 250 g/mol. The van der Waals surface area contributed by atoms with E-state index in [9.17, 15) is 0 Å². The van der Waals surface area contributed by atoms with Crippen molar-refractivity contribution in [1.29, 1.82) is 0 Å². The number of rotatable bonds is 4. The summed E-state index contributed by atoms with van der Waals surface area (Å²) in [6.07, 6.45) is 0.264. The highest BCUT2D eigenvalue weighted by molar-refractivity contribution is 5.44. The fraction of sp³-hybridized carbons (Fsp3) is 0.571. The molecule has 100 valence electrons. The average molecular weight is 250 g/mol. The Morgan fingerprint density at radius 2 is 1.94 bits per heavy atom. The predicted octanol–water partition coefficient (Wildman–Crippen LogP) is 1.58. The van der Waals surface area contributed by atoms with E-state index in [1.807, 2.05) is 32.0 Å². The van der Waals surface area contributed by atoms with Crippen molar-refractivity contribution in [3.8, 4) is 11.5 Å². The number of nitrogens with zero attached hydrogens (tertiary/aromatic N) is 1. The maximum Gasteiger partial charge on any atom is 0.161 e. The van der Waals surface area contributed by atoms with Gasteiger partial charge in [0.25, 0.3) is 0 Å². The van der Waals surface area contributed by atoms with Crippen LogP contribution in [0.25, 0.3) is 0 Å². The molecule has 1 aliphatic heterocycles. The van der Waals surface area contributed by atoms with Gasteiger partial charge in [0, 0.05) is 18.6 Å². The summed E-state index contributed by atoms with van der Waals surface area (Å²) in [5.41, 5.74) is 6.75. The lowest BCUT2D eigenvalue weighted by Crippen LogP contribution is -2.51. The largest absolute Gasteiger partial charge is 0.493 e. The van der Waals surface area contributed by atoms with Gasteiger partial charge < -0.3 is 15.2 Å². The number of nitrogens with two attached hydrogens (primary N) is 1. The van der Waals surface area contributed by atoms with Crippen LogP contribution in [0.2, 0.25) is 0 Å². The van der Waals surface area contributed by atoms with Crippen molar-refractivity contribution in [2.45, 2.75) is 25.5 Å². The molecule has 18 heavy (non-hydrogen) atoms. The Balaban J connectivity index is 2.15. The number of ether oxygens (including phenoxy) is 2. The van der Waals surface area contributed by atoms with E-state index in [0.717, 1.165) is 30.2 Å². The summed E-state index contributed by atoms with van der Waals surface area (Å²) < 4.78 is 11.3. The molecule has 4 heteroatoms. The second-order valence-electron chi connectivity index (χ2n) is 5.55. The van der Waals surface area contributed by atoms with Crippen molar-refractivity contribution in [3.05, 3.63) is 23.8 Å². The van der Waals surface area contributed by atoms with Gasteiger partial charge in [0.15, 0.2) is 11.5 Å². The lowest BCUT2D eigenvalue weighted by Gasteiger charge is -2.36. The van der Waals surface area contributed by atoms with E-state index in [2.05, 4.69) is 11.9 Å². The zero-order chi connectivity index (χ0) is 13.3. The predicted molar refractivity (Wildman–Crippen MR) is 72.1 cm³/mol. The summed E-state index contributed by atoms with van der Waals surface area (Å²) in [7, 11) is 3.74. The molecule has 1 aromatic carbocycles. The molecule has 0 spiro atoms. The zero-order valence-electron chi connectivity index (χ0n) is 11.6. The molecule has 2 rings (SSSR count). The molecule has 1 fully saturated rings. The van der Waals surface area contributed by atoms with Gasteiger partial charge in [-0.2, -0.15) is 0 Å². The number of likely N-dealkylation sites (N-methyl/N-ethyl adjacent to an activating group) is 1. The normalized spacial score (nSPS) is 17.4. The molecular weight excluding hydrogens is 228 g/mol. The number of hydrogen-bond donors (Lipinski definition) is 1. The van der Waals surface area contributed by atoms with Crippen LogP contribution in [-0.4, -0.2) is 38.3 Å². The van der Waals surface area contributed by atoms with Gasteiger partial charge in [-0.1, -0.05) is 6.07 Å². The Kier molecular flexibility index (Phi) is 3.50. The van der Waals surface area contributed by atoms with E-state index < -0.39 is 0 Å². The second-order valence-corrected chi connectivity index (χ2v) is 5.55. The molecule has 0 aliphatic carbocycles. The lowest BCUT2D eigenvalue weighted by atomic mass is 9.95. The van der Waals surface area contributed by atoms with Gasteiger partial charge in [-0.3, -0.25) is 4.90 Å². The average Bonchev–Trinajstić information content (AvgIpc) is 2.26. The van der Waals surface area contributed by atoms with E-state index in [1.54, 1.807) is 7.11 Å². The molecule has 0 unspecified atom stereocenters. The van der Waals surface area contributed by atoms with Crippen LogP contribution in [0.1, 0.15) is 19.4 Å². The minimum Gasteiger partial charge on any atom is -0.493 e. The molecule has 0 saturated carbocycles. The minimum atomic E-state index is -0.373. The van der Waals surface area contributed by atoms with Gasteiger partial charge in [0.2, 0.25) is 0 Å². The van der Waals surface area contributed by atoms with E-state index >= 15 is 0 Å². The summed E-state index contributed by atoms with van der Waals surface area (Å²) in [6.45, 7) is 5.88. The third-order valence-corrected chi connectivity index (χ3v) is 3.23. The van der Waals surface area contributed by atoms with Gasteiger partial charge in [0.1, 0.15) is 6.10 Å². The van der Waals surface area contributed by atoms with Crippen molar-refractivity contribution in [3.63, 3.8) is 0 Å². The summed E-state index contributed by atoms with van der Waals surface area (Å²) >= 11 is 0. The van der Waals surface area contributed by atoms with Crippen molar-refractivity contribution in [1.82, 2.24) is 4.90 Å². The summed E-state index contributed by atoms with van der Waals surface area (Å²) in [5.74, 6) is 1.55. The molecule has 1 aromatic rings. The second kappa shape index (κ2) is 4.78. The van der Waals surface area contributed by atoms with Crippen molar-refractivity contribution >= 4 is 0 Å². The number of hydrogen-bond acceptors (Lipinski definition) is 4. The highest BCUT2D eigenvalue weighted by atomic mass is 16.5. The number of benzene rings is 1. The molecule has 0 amide bonds. The highest BCUT2D eigenvalue weighted by Crippen LogP contribution is 2.32. The fourth-order valence-electron chi connectivity index (χ4n) is 2.06. The van der Waals surface area contributed by atoms with Gasteiger partial charge in [-0.25, -0.2) is 0 Å². The third-order valence-electron chi connectivity index (χ3n) is 3.23. The molecule has 0 atom stereocenters. The lowest BCUT2D eigenvalue weighted by molar-refractivity contribution is 0.0369. The zero-order valence-corrected chi connectivity index (χ0v) is 11.6. The van der Waals surface area contributed by atoms with Crippen molar-refractivity contribution in [2.75, 3.05) is 27.2 Å².